The first-order valence-electron chi connectivity index (χ1n) is 6.89. The maximum Gasteiger partial charge on any atom is 0.162 e. The van der Waals surface area contributed by atoms with Gasteiger partial charge in [-0.2, -0.15) is 0 Å². The first-order chi connectivity index (χ1) is 9.76. The van der Waals surface area contributed by atoms with Crippen LogP contribution < -0.4 is 9.47 Å². The average molecular weight is 291 g/mol. The maximum atomic E-state index is 6.25. The molecule has 0 spiro atoms. The monoisotopic (exact) mass is 290 g/mol. The molecule has 0 heterocycles. The van der Waals surface area contributed by atoms with Crippen molar-refractivity contribution >= 4 is 11.6 Å². The zero-order chi connectivity index (χ0) is 14.4. The van der Waals surface area contributed by atoms with Crippen LogP contribution in [0.25, 0.3) is 0 Å². The van der Waals surface area contributed by atoms with E-state index in [4.69, 9.17) is 21.1 Å². The number of ether oxygens (including phenoxy) is 2. The smallest absolute Gasteiger partial charge is 0.162 e. The second kappa shape index (κ2) is 7.20. The molecule has 1 unspecified atom stereocenters. The number of hydrogen-bond acceptors (Lipinski definition) is 2. The zero-order valence-electron chi connectivity index (χ0n) is 11.8. The summed E-state index contributed by atoms with van der Waals surface area (Å²) in [4.78, 5) is 0. The van der Waals surface area contributed by atoms with Crippen molar-refractivity contribution in [3.63, 3.8) is 0 Å². The molecule has 0 saturated heterocycles. The summed E-state index contributed by atoms with van der Waals surface area (Å²) in [6.07, 6.45) is 0.759. The SMILES string of the molecule is CCOc1ccccc1OC(CC)c1ccccc1Cl. The van der Waals surface area contributed by atoms with Crippen LogP contribution in [-0.2, 0) is 0 Å². The van der Waals surface area contributed by atoms with Crippen molar-refractivity contribution in [1.82, 2.24) is 0 Å². The van der Waals surface area contributed by atoms with Gasteiger partial charge in [0.2, 0.25) is 0 Å². The highest BCUT2D eigenvalue weighted by Crippen LogP contribution is 2.34. The molecule has 0 radical (unpaired) electrons. The highest BCUT2D eigenvalue weighted by molar-refractivity contribution is 6.31. The molecule has 0 bridgehead atoms. The average Bonchev–Trinajstić information content (AvgIpc) is 2.47. The van der Waals surface area contributed by atoms with Crippen LogP contribution in [0.3, 0.4) is 0 Å². The molecule has 0 aromatic heterocycles. The van der Waals surface area contributed by atoms with E-state index < -0.39 is 0 Å². The maximum absolute atomic E-state index is 6.25. The fourth-order valence-electron chi connectivity index (χ4n) is 2.08. The van der Waals surface area contributed by atoms with Crippen molar-refractivity contribution in [2.45, 2.75) is 26.4 Å². The number of para-hydroxylation sites is 2. The number of benzene rings is 2. The minimum atomic E-state index is -0.0784. The molecule has 0 aliphatic heterocycles. The fraction of sp³-hybridized carbons (Fsp3) is 0.294. The molecule has 2 nitrogen and oxygen atoms in total. The van der Waals surface area contributed by atoms with Gasteiger partial charge >= 0.3 is 0 Å². The minimum Gasteiger partial charge on any atom is -0.490 e. The third kappa shape index (κ3) is 3.45. The molecule has 2 rings (SSSR count). The minimum absolute atomic E-state index is 0.0784. The Kier molecular flexibility index (Phi) is 5.31. The number of hydrogen-bond donors (Lipinski definition) is 0. The molecule has 106 valence electrons. The lowest BCUT2D eigenvalue weighted by molar-refractivity contribution is 0.189. The van der Waals surface area contributed by atoms with E-state index in [2.05, 4.69) is 6.92 Å². The third-order valence-electron chi connectivity index (χ3n) is 3.04. The first kappa shape index (κ1) is 14.7. The van der Waals surface area contributed by atoms with E-state index in [1.807, 2.05) is 55.5 Å². The van der Waals surface area contributed by atoms with Gasteiger partial charge in [-0.1, -0.05) is 48.9 Å². The van der Waals surface area contributed by atoms with Crippen LogP contribution in [0.4, 0.5) is 0 Å². The molecule has 20 heavy (non-hydrogen) atoms. The van der Waals surface area contributed by atoms with E-state index >= 15 is 0 Å². The number of halogens is 1. The van der Waals surface area contributed by atoms with Crippen molar-refractivity contribution < 1.29 is 9.47 Å². The van der Waals surface area contributed by atoms with Gasteiger partial charge in [-0.25, -0.2) is 0 Å². The molecule has 0 saturated carbocycles. The van der Waals surface area contributed by atoms with E-state index in [0.29, 0.717) is 6.61 Å². The summed E-state index contributed by atoms with van der Waals surface area (Å²) < 4.78 is 11.7. The van der Waals surface area contributed by atoms with Crippen molar-refractivity contribution in [2.75, 3.05) is 6.61 Å². The number of rotatable bonds is 6. The summed E-state index contributed by atoms with van der Waals surface area (Å²) >= 11 is 6.25. The summed E-state index contributed by atoms with van der Waals surface area (Å²) in [5.74, 6) is 1.52. The predicted molar refractivity (Wildman–Crippen MR) is 82.7 cm³/mol. The fourth-order valence-corrected chi connectivity index (χ4v) is 2.34. The molecule has 0 N–H and O–H groups in total. The molecular formula is C17H19ClO2. The lowest BCUT2D eigenvalue weighted by Crippen LogP contribution is -2.08. The summed E-state index contributed by atoms with van der Waals surface area (Å²) in [5, 5.41) is 0.730. The standard InChI is InChI=1S/C17H19ClO2/c1-3-15(13-9-5-6-10-14(13)18)20-17-12-8-7-11-16(17)19-4-2/h5-12,15H,3-4H2,1-2H3. The largest absolute Gasteiger partial charge is 0.490 e. The van der Waals surface area contributed by atoms with Crippen molar-refractivity contribution in [3.05, 3.63) is 59.1 Å². The van der Waals surface area contributed by atoms with Gasteiger partial charge in [-0.05, 0) is 31.5 Å². The topological polar surface area (TPSA) is 18.5 Å². The Morgan fingerprint density at radius 1 is 0.950 bits per heavy atom. The molecular weight excluding hydrogens is 272 g/mol. The van der Waals surface area contributed by atoms with Crippen molar-refractivity contribution in [1.29, 1.82) is 0 Å². The van der Waals surface area contributed by atoms with Crippen LogP contribution in [0.5, 0.6) is 11.5 Å². The molecule has 1 atom stereocenters. The first-order valence-corrected chi connectivity index (χ1v) is 7.27. The normalized spacial score (nSPS) is 11.9. The lowest BCUT2D eigenvalue weighted by atomic mass is 10.1. The summed E-state index contributed by atoms with van der Waals surface area (Å²) in [7, 11) is 0. The van der Waals surface area contributed by atoms with Crippen LogP contribution in [-0.4, -0.2) is 6.61 Å². The van der Waals surface area contributed by atoms with Crippen LogP contribution in [0.2, 0.25) is 5.02 Å². The van der Waals surface area contributed by atoms with Gasteiger partial charge in [0.05, 0.1) is 6.61 Å². The molecule has 2 aromatic carbocycles. The zero-order valence-corrected chi connectivity index (χ0v) is 12.6. The van der Waals surface area contributed by atoms with Gasteiger partial charge in [0.15, 0.2) is 11.5 Å². The van der Waals surface area contributed by atoms with Gasteiger partial charge < -0.3 is 9.47 Å². The molecule has 0 aliphatic carbocycles. The molecule has 0 aliphatic rings. The van der Waals surface area contributed by atoms with Gasteiger partial charge in [0.1, 0.15) is 6.10 Å². The van der Waals surface area contributed by atoms with E-state index in [0.717, 1.165) is 28.5 Å². The Labute approximate surface area is 125 Å². The summed E-state index contributed by atoms with van der Waals surface area (Å²) in [6, 6.07) is 15.5. The van der Waals surface area contributed by atoms with Crippen LogP contribution in [0, 0.1) is 0 Å². The Morgan fingerprint density at radius 2 is 1.60 bits per heavy atom. The Bertz CT molecular complexity index is 554. The Balaban J connectivity index is 2.25. The second-order valence-electron chi connectivity index (χ2n) is 4.42. The molecule has 0 fully saturated rings. The highest BCUT2D eigenvalue weighted by atomic mass is 35.5. The lowest BCUT2D eigenvalue weighted by Gasteiger charge is -2.20. The van der Waals surface area contributed by atoms with Crippen LogP contribution in [0.1, 0.15) is 31.9 Å². The second-order valence-corrected chi connectivity index (χ2v) is 4.82. The van der Waals surface area contributed by atoms with E-state index in [1.54, 1.807) is 0 Å². The molecule has 2 aromatic rings. The van der Waals surface area contributed by atoms with Crippen LogP contribution in [0.15, 0.2) is 48.5 Å². The Morgan fingerprint density at radius 3 is 2.25 bits per heavy atom. The summed E-state index contributed by atoms with van der Waals surface area (Å²) in [6.45, 7) is 4.66. The summed E-state index contributed by atoms with van der Waals surface area (Å²) in [5.41, 5.74) is 1.00. The Hall–Kier alpha value is -1.67. The van der Waals surface area contributed by atoms with E-state index in [9.17, 15) is 0 Å². The van der Waals surface area contributed by atoms with Crippen molar-refractivity contribution in [2.24, 2.45) is 0 Å². The van der Waals surface area contributed by atoms with Crippen molar-refractivity contribution in [3.8, 4) is 11.5 Å². The van der Waals surface area contributed by atoms with E-state index in [1.165, 1.54) is 0 Å². The third-order valence-corrected chi connectivity index (χ3v) is 3.39. The molecule has 0 amide bonds. The van der Waals surface area contributed by atoms with E-state index in [-0.39, 0.29) is 6.10 Å². The predicted octanol–water partition coefficient (Wildman–Crippen LogP) is 5.27. The van der Waals surface area contributed by atoms with Gasteiger partial charge in [-0.3, -0.25) is 0 Å². The highest BCUT2D eigenvalue weighted by Gasteiger charge is 2.16. The van der Waals surface area contributed by atoms with Gasteiger partial charge in [0.25, 0.3) is 0 Å². The van der Waals surface area contributed by atoms with Gasteiger partial charge in [0, 0.05) is 10.6 Å². The van der Waals surface area contributed by atoms with Gasteiger partial charge in [-0.15, -0.1) is 0 Å². The molecule has 3 heteroatoms. The van der Waals surface area contributed by atoms with Crippen LogP contribution >= 0.6 is 11.6 Å². The quantitative estimate of drug-likeness (QED) is 0.721.